The second kappa shape index (κ2) is 7.95. The van der Waals surface area contributed by atoms with Gasteiger partial charge in [-0.2, -0.15) is 31.4 Å². The quantitative estimate of drug-likeness (QED) is 0.479. The number of halogens is 10. The van der Waals surface area contributed by atoms with Gasteiger partial charge in [-0.15, -0.1) is 0 Å². The molecule has 5 nitrogen and oxygen atoms in total. The van der Waals surface area contributed by atoms with Crippen LogP contribution in [0.15, 0.2) is 33.5 Å². The number of alkyl halides is 8. The largest absolute Gasteiger partial charge is 0.451 e. The van der Waals surface area contributed by atoms with Crippen LogP contribution in [0.25, 0.3) is 0 Å². The third-order valence-corrected chi connectivity index (χ3v) is 5.99. The van der Waals surface area contributed by atoms with E-state index in [9.17, 15) is 35.1 Å². The monoisotopic (exact) mass is 535 g/mol. The van der Waals surface area contributed by atoms with Gasteiger partial charge in [0.2, 0.25) is 5.84 Å². The molecule has 1 atom stereocenters. The molecular formula is C19H15Cl2F8N5. The van der Waals surface area contributed by atoms with Crippen molar-refractivity contribution in [3.63, 3.8) is 0 Å². The molecule has 1 aromatic carbocycles. The third-order valence-electron chi connectivity index (χ3n) is 5.42. The molecule has 0 bridgehead atoms. The minimum Gasteiger partial charge on any atom is -0.384 e. The van der Waals surface area contributed by atoms with Crippen molar-refractivity contribution >= 4 is 40.4 Å². The molecule has 1 unspecified atom stereocenters. The van der Waals surface area contributed by atoms with E-state index in [1.54, 1.807) is 0 Å². The molecule has 1 aromatic rings. The lowest BCUT2D eigenvalue weighted by molar-refractivity contribution is -0.0642. The summed E-state index contributed by atoms with van der Waals surface area (Å²) in [4.78, 5) is 6.15. The zero-order valence-corrected chi connectivity index (χ0v) is 18.6. The van der Waals surface area contributed by atoms with Crippen LogP contribution in [0.2, 0.25) is 10.0 Å². The van der Waals surface area contributed by atoms with Crippen molar-refractivity contribution in [2.75, 3.05) is 11.6 Å². The molecule has 0 amide bonds. The zero-order valence-electron chi connectivity index (χ0n) is 17.1. The summed E-state index contributed by atoms with van der Waals surface area (Å²) in [6.07, 6.45) is -11.0. The van der Waals surface area contributed by atoms with Gasteiger partial charge in [-0.1, -0.05) is 23.2 Å². The van der Waals surface area contributed by atoms with Crippen LogP contribution in [0.3, 0.4) is 0 Å². The van der Waals surface area contributed by atoms with Gasteiger partial charge >= 0.3 is 12.4 Å². The lowest BCUT2D eigenvalue weighted by Gasteiger charge is -2.35. The number of hydrazine groups is 1. The topological polar surface area (TPSA) is 57.2 Å². The molecule has 0 radical (unpaired) electrons. The third kappa shape index (κ3) is 4.44. The van der Waals surface area contributed by atoms with Crippen molar-refractivity contribution in [3.8, 4) is 0 Å². The number of nitrogens with two attached hydrogens (primary N) is 1. The molecule has 1 aliphatic carbocycles. The maximum atomic E-state index is 13.8. The van der Waals surface area contributed by atoms with E-state index in [1.807, 2.05) is 0 Å². The highest BCUT2D eigenvalue weighted by molar-refractivity contribution is 6.39. The Labute approximate surface area is 197 Å². The molecular weight excluding hydrogens is 521 g/mol. The molecule has 2 N–H and O–H groups in total. The van der Waals surface area contributed by atoms with Crippen LogP contribution in [0.5, 0.6) is 0 Å². The van der Waals surface area contributed by atoms with Crippen LogP contribution in [-0.4, -0.2) is 41.6 Å². The van der Waals surface area contributed by atoms with E-state index in [2.05, 4.69) is 9.98 Å². The Hall–Kier alpha value is -2.12. The summed E-state index contributed by atoms with van der Waals surface area (Å²) in [6.45, 7) is 0.557. The fourth-order valence-corrected chi connectivity index (χ4v) is 4.35. The van der Waals surface area contributed by atoms with Crippen LogP contribution < -0.4 is 10.7 Å². The summed E-state index contributed by atoms with van der Waals surface area (Å²) in [5.74, 6) is -6.04. The molecule has 3 aliphatic rings. The minimum atomic E-state index is -5.30. The van der Waals surface area contributed by atoms with E-state index in [4.69, 9.17) is 28.9 Å². The molecule has 1 saturated carbocycles. The highest BCUT2D eigenvalue weighted by Gasteiger charge is 2.54. The molecule has 186 valence electrons. The first-order chi connectivity index (χ1) is 15.5. The first kappa shape index (κ1) is 25.0. The number of amidine groups is 1. The van der Waals surface area contributed by atoms with Crippen LogP contribution >= 0.6 is 23.2 Å². The van der Waals surface area contributed by atoms with Gasteiger partial charge in [0.1, 0.15) is 5.82 Å². The number of benzene rings is 1. The molecule has 2 heterocycles. The summed E-state index contributed by atoms with van der Waals surface area (Å²) < 4.78 is 109. The summed E-state index contributed by atoms with van der Waals surface area (Å²) in [5, 5.41) is 1.20. The normalized spacial score (nSPS) is 22.2. The van der Waals surface area contributed by atoms with Crippen molar-refractivity contribution in [2.45, 2.75) is 44.2 Å². The second-order valence-corrected chi connectivity index (χ2v) is 8.95. The van der Waals surface area contributed by atoms with Crippen molar-refractivity contribution in [3.05, 3.63) is 39.1 Å². The van der Waals surface area contributed by atoms with Gasteiger partial charge in [0.05, 0.1) is 21.3 Å². The number of hydrogen-bond acceptors (Lipinski definition) is 5. The van der Waals surface area contributed by atoms with Crippen molar-refractivity contribution in [2.24, 2.45) is 21.6 Å². The Morgan fingerprint density at radius 1 is 1.00 bits per heavy atom. The van der Waals surface area contributed by atoms with Crippen molar-refractivity contribution in [1.82, 2.24) is 5.01 Å². The predicted octanol–water partition coefficient (Wildman–Crippen LogP) is 6.03. The number of nitrogens with zero attached hydrogens (tertiary/aromatic N) is 4. The van der Waals surface area contributed by atoms with Gasteiger partial charge < -0.3 is 5.73 Å². The predicted molar refractivity (Wildman–Crippen MR) is 110 cm³/mol. The summed E-state index contributed by atoms with van der Waals surface area (Å²) in [6, 6.07) is 1.72. The van der Waals surface area contributed by atoms with E-state index in [0.29, 0.717) is 19.8 Å². The lowest BCUT2D eigenvalue weighted by Crippen LogP contribution is -2.47. The van der Waals surface area contributed by atoms with Crippen LogP contribution in [0, 0.1) is 5.92 Å². The SMILES string of the molecule is CC(F)(F)c1cc(Cl)c(N2C(N)=C3C(C(F)(F)F)=NC(C(F)(F)F)=NC3N2CC2CC2)c(Cl)c1. The Bertz CT molecular complexity index is 1090. The molecule has 0 saturated heterocycles. The van der Waals surface area contributed by atoms with Gasteiger partial charge in [-0.05, 0) is 30.9 Å². The highest BCUT2D eigenvalue weighted by Crippen LogP contribution is 2.47. The summed E-state index contributed by atoms with van der Waals surface area (Å²) in [7, 11) is 0. The highest BCUT2D eigenvalue weighted by atomic mass is 35.5. The average Bonchev–Trinajstić information content (AvgIpc) is 3.45. The Morgan fingerprint density at radius 3 is 2.00 bits per heavy atom. The second-order valence-electron chi connectivity index (χ2n) is 8.14. The van der Waals surface area contributed by atoms with Crippen LogP contribution in [0.4, 0.5) is 40.8 Å². The Kier molecular flexibility index (Phi) is 5.84. The minimum absolute atomic E-state index is 0.0347. The van der Waals surface area contributed by atoms with Crippen molar-refractivity contribution < 1.29 is 35.1 Å². The van der Waals surface area contributed by atoms with Gasteiger partial charge in [-0.25, -0.2) is 18.8 Å². The van der Waals surface area contributed by atoms with E-state index < -0.39 is 63.0 Å². The molecule has 0 spiro atoms. The summed E-state index contributed by atoms with van der Waals surface area (Å²) in [5.41, 5.74) is 2.52. The van der Waals surface area contributed by atoms with Gasteiger partial charge in [-0.3, -0.25) is 5.01 Å². The standard InChI is InChI=1S/C19H15Cl2F8N5/c1-17(22,23)8-4-9(20)12(10(21)5-8)34-14(30)11-13(18(24,25)26)31-16(19(27,28)29)32-15(11)33(34)6-7-2-3-7/h4-5,7,15H,2-3,6,30H2,1H3. The number of anilines is 1. The maximum Gasteiger partial charge on any atom is 0.451 e. The lowest BCUT2D eigenvalue weighted by atomic mass is 10.1. The summed E-state index contributed by atoms with van der Waals surface area (Å²) >= 11 is 12.4. The van der Waals surface area contributed by atoms with Gasteiger partial charge in [0, 0.05) is 19.0 Å². The van der Waals surface area contributed by atoms with Gasteiger partial charge in [0.25, 0.3) is 5.92 Å². The first-order valence-corrected chi connectivity index (χ1v) is 10.5. The molecule has 2 aliphatic heterocycles. The van der Waals surface area contributed by atoms with Gasteiger partial charge in [0.15, 0.2) is 11.9 Å². The van der Waals surface area contributed by atoms with Crippen LogP contribution in [0.1, 0.15) is 25.3 Å². The number of aliphatic imine (C=N–C) groups is 2. The maximum absolute atomic E-state index is 13.8. The fourth-order valence-electron chi connectivity index (χ4n) is 3.70. The Morgan fingerprint density at radius 2 is 1.56 bits per heavy atom. The molecule has 0 aromatic heterocycles. The first-order valence-electron chi connectivity index (χ1n) is 9.75. The molecule has 34 heavy (non-hydrogen) atoms. The van der Waals surface area contributed by atoms with E-state index >= 15 is 0 Å². The fraction of sp³-hybridized carbons (Fsp3) is 0.474. The molecule has 15 heteroatoms. The van der Waals surface area contributed by atoms with Crippen LogP contribution in [-0.2, 0) is 5.92 Å². The number of rotatable bonds is 4. The van der Waals surface area contributed by atoms with E-state index in [-0.39, 0.29) is 18.2 Å². The van der Waals surface area contributed by atoms with E-state index in [0.717, 1.165) is 22.2 Å². The average molecular weight is 536 g/mol. The van der Waals surface area contributed by atoms with Crippen molar-refractivity contribution in [1.29, 1.82) is 0 Å². The molecule has 4 rings (SSSR count). The van der Waals surface area contributed by atoms with E-state index in [1.165, 1.54) is 0 Å². The Balaban J connectivity index is 1.92. The number of hydrogen-bond donors (Lipinski definition) is 1. The molecule has 1 fully saturated rings. The number of fused-ring (bicyclic) bond motifs is 1. The smallest absolute Gasteiger partial charge is 0.384 e. The zero-order chi connectivity index (χ0) is 25.4.